The Kier molecular flexibility index (Phi) is 5.62. The van der Waals surface area contributed by atoms with Gasteiger partial charge in [-0.25, -0.2) is 0 Å². The summed E-state index contributed by atoms with van der Waals surface area (Å²) in [6.45, 7) is 6.88. The Morgan fingerprint density at radius 1 is 1.20 bits per heavy atom. The standard InChI is InChI=1S/C18H28O2/c1-4-20-18(15-10-6-5-7-11-15)17(19)16-12-8-9-13(2)14(16)3/h8-9,12,15,17-19H,4-7,10-11H2,1-3H3. The van der Waals surface area contributed by atoms with Crippen LogP contribution in [0.1, 0.15) is 61.8 Å². The van der Waals surface area contributed by atoms with Crippen LogP contribution in [0.25, 0.3) is 0 Å². The Hall–Kier alpha value is -0.860. The van der Waals surface area contributed by atoms with Gasteiger partial charge in [-0.2, -0.15) is 0 Å². The summed E-state index contributed by atoms with van der Waals surface area (Å²) in [6, 6.07) is 6.18. The first kappa shape index (κ1) is 15.5. The molecule has 0 radical (unpaired) electrons. The van der Waals surface area contributed by atoms with Gasteiger partial charge in [0.05, 0.1) is 6.10 Å². The molecule has 1 fully saturated rings. The van der Waals surface area contributed by atoms with E-state index in [0.717, 1.165) is 5.56 Å². The zero-order valence-electron chi connectivity index (χ0n) is 13.1. The predicted octanol–water partition coefficient (Wildman–Crippen LogP) is 4.32. The van der Waals surface area contributed by atoms with E-state index < -0.39 is 6.10 Å². The van der Waals surface area contributed by atoms with Gasteiger partial charge in [0, 0.05) is 6.61 Å². The van der Waals surface area contributed by atoms with Crippen LogP contribution in [-0.4, -0.2) is 17.8 Å². The zero-order valence-corrected chi connectivity index (χ0v) is 13.1. The third kappa shape index (κ3) is 3.42. The average molecular weight is 276 g/mol. The van der Waals surface area contributed by atoms with Gasteiger partial charge in [0.15, 0.2) is 0 Å². The van der Waals surface area contributed by atoms with Gasteiger partial charge in [0.2, 0.25) is 0 Å². The minimum Gasteiger partial charge on any atom is -0.386 e. The molecule has 0 aliphatic heterocycles. The largest absolute Gasteiger partial charge is 0.386 e. The molecule has 2 rings (SSSR count). The number of benzene rings is 1. The summed E-state index contributed by atoms with van der Waals surface area (Å²) in [5, 5.41) is 10.8. The van der Waals surface area contributed by atoms with Gasteiger partial charge >= 0.3 is 0 Å². The van der Waals surface area contributed by atoms with E-state index in [1.165, 1.54) is 43.2 Å². The number of aliphatic hydroxyl groups excluding tert-OH is 1. The second-order valence-corrected chi connectivity index (χ2v) is 6.05. The number of hydrogen-bond acceptors (Lipinski definition) is 2. The number of hydrogen-bond donors (Lipinski definition) is 1. The molecular formula is C18H28O2. The molecule has 1 saturated carbocycles. The first-order valence-electron chi connectivity index (χ1n) is 8.01. The van der Waals surface area contributed by atoms with Crippen molar-refractivity contribution in [2.24, 2.45) is 5.92 Å². The van der Waals surface area contributed by atoms with E-state index in [4.69, 9.17) is 4.74 Å². The molecule has 1 aromatic carbocycles. The van der Waals surface area contributed by atoms with Gasteiger partial charge in [-0.3, -0.25) is 0 Å². The first-order valence-corrected chi connectivity index (χ1v) is 8.01. The molecule has 2 nitrogen and oxygen atoms in total. The van der Waals surface area contributed by atoms with Gasteiger partial charge in [-0.15, -0.1) is 0 Å². The van der Waals surface area contributed by atoms with Crippen LogP contribution in [-0.2, 0) is 4.74 Å². The summed E-state index contributed by atoms with van der Waals surface area (Å²) < 4.78 is 5.94. The molecule has 1 aliphatic rings. The predicted molar refractivity (Wildman–Crippen MR) is 82.9 cm³/mol. The fourth-order valence-electron chi connectivity index (χ4n) is 3.41. The lowest BCUT2D eigenvalue weighted by Crippen LogP contribution is -2.32. The molecule has 1 aromatic rings. The van der Waals surface area contributed by atoms with E-state index >= 15 is 0 Å². The maximum Gasteiger partial charge on any atom is 0.106 e. The third-order valence-corrected chi connectivity index (χ3v) is 4.75. The fourth-order valence-corrected chi connectivity index (χ4v) is 3.41. The van der Waals surface area contributed by atoms with Crippen LogP contribution < -0.4 is 0 Å². The third-order valence-electron chi connectivity index (χ3n) is 4.75. The number of aliphatic hydroxyl groups is 1. The van der Waals surface area contributed by atoms with Crippen LogP contribution in [0.4, 0.5) is 0 Å². The van der Waals surface area contributed by atoms with Crippen molar-refractivity contribution in [1.82, 2.24) is 0 Å². The van der Waals surface area contributed by atoms with Crippen molar-refractivity contribution < 1.29 is 9.84 Å². The van der Waals surface area contributed by atoms with E-state index in [-0.39, 0.29) is 6.10 Å². The van der Waals surface area contributed by atoms with Crippen molar-refractivity contribution in [3.63, 3.8) is 0 Å². The van der Waals surface area contributed by atoms with Crippen LogP contribution in [0, 0.1) is 19.8 Å². The molecule has 112 valence electrons. The van der Waals surface area contributed by atoms with Gasteiger partial charge < -0.3 is 9.84 Å². The minimum atomic E-state index is -0.502. The summed E-state index contributed by atoms with van der Waals surface area (Å²) in [4.78, 5) is 0. The molecular weight excluding hydrogens is 248 g/mol. The van der Waals surface area contributed by atoms with E-state index in [9.17, 15) is 5.11 Å². The van der Waals surface area contributed by atoms with Gasteiger partial charge in [0.1, 0.15) is 6.10 Å². The van der Waals surface area contributed by atoms with Crippen molar-refractivity contribution in [3.8, 4) is 0 Å². The lowest BCUT2D eigenvalue weighted by Gasteiger charge is -2.34. The highest BCUT2D eigenvalue weighted by Crippen LogP contribution is 2.35. The molecule has 20 heavy (non-hydrogen) atoms. The van der Waals surface area contributed by atoms with Crippen molar-refractivity contribution in [2.75, 3.05) is 6.61 Å². The first-order chi connectivity index (χ1) is 9.65. The van der Waals surface area contributed by atoms with Crippen LogP contribution in [0.5, 0.6) is 0 Å². The number of ether oxygens (including phenoxy) is 1. The molecule has 0 spiro atoms. The Morgan fingerprint density at radius 2 is 1.90 bits per heavy atom. The molecule has 2 heteroatoms. The monoisotopic (exact) mass is 276 g/mol. The fraction of sp³-hybridized carbons (Fsp3) is 0.667. The Bertz CT molecular complexity index is 421. The summed E-state index contributed by atoms with van der Waals surface area (Å²) in [5.41, 5.74) is 3.47. The van der Waals surface area contributed by atoms with Crippen LogP contribution >= 0.6 is 0 Å². The molecule has 0 saturated heterocycles. The molecule has 2 atom stereocenters. The summed E-state index contributed by atoms with van der Waals surface area (Å²) in [6.07, 6.45) is 5.69. The average Bonchev–Trinajstić information content (AvgIpc) is 2.48. The Morgan fingerprint density at radius 3 is 2.55 bits per heavy atom. The zero-order chi connectivity index (χ0) is 14.5. The molecule has 0 amide bonds. The SMILES string of the molecule is CCOC(C1CCCCC1)C(O)c1cccc(C)c1C. The van der Waals surface area contributed by atoms with E-state index in [1.807, 2.05) is 19.1 Å². The van der Waals surface area contributed by atoms with Crippen LogP contribution in [0.2, 0.25) is 0 Å². The van der Waals surface area contributed by atoms with E-state index in [2.05, 4.69) is 19.9 Å². The smallest absolute Gasteiger partial charge is 0.106 e. The molecule has 0 aromatic heterocycles. The molecule has 0 bridgehead atoms. The van der Waals surface area contributed by atoms with Crippen molar-refractivity contribution in [2.45, 2.75) is 65.1 Å². The molecule has 1 N–H and O–H groups in total. The van der Waals surface area contributed by atoms with E-state index in [1.54, 1.807) is 0 Å². The Balaban J connectivity index is 2.21. The second-order valence-electron chi connectivity index (χ2n) is 6.05. The van der Waals surface area contributed by atoms with Crippen molar-refractivity contribution in [1.29, 1.82) is 0 Å². The maximum absolute atomic E-state index is 10.8. The molecule has 0 heterocycles. The van der Waals surface area contributed by atoms with E-state index in [0.29, 0.717) is 12.5 Å². The highest BCUT2D eigenvalue weighted by Gasteiger charge is 2.31. The van der Waals surface area contributed by atoms with Crippen LogP contribution in [0.3, 0.4) is 0 Å². The number of rotatable bonds is 5. The van der Waals surface area contributed by atoms with Gasteiger partial charge in [0.25, 0.3) is 0 Å². The summed E-state index contributed by atoms with van der Waals surface area (Å²) >= 11 is 0. The highest BCUT2D eigenvalue weighted by atomic mass is 16.5. The highest BCUT2D eigenvalue weighted by molar-refractivity contribution is 5.35. The van der Waals surface area contributed by atoms with Crippen LogP contribution in [0.15, 0.2) is 18.2 Å². The minimum absolute atomic E-state index is 0.0548. The summed E-state index contributed by atoms with van der Waals surface area (Å²) in [5.74, 6) is 0.499. The second kappa shape index (κ2) is 7.24. The topological polar surface area (TPSA) is 29.5 Å². The van der Waals surface area contributed by atoms with Crippen molar-refractivity contribution in [3.05, 3.63) is 34.9 Å². The maximum atomic E-state index is 10.8. The van der Waals surface area contributed by atoms with Crippen molar-refractivity contribution >= 4 is 0 Å². The molecule has 2 unspecified atom stereocenters. The molecule has 1 aliphatic carbocycles. The Labute approximate surface area is 123 Å². The summed E-state index contributed by atoms with van der Waals surface area (Å²) in [7, 11) is 0. The number of aryl methyl sites for hydroxylation is 1. The lowest BCUT2D eigenvalue weighted by molar-refractivity contribution is -0.0741. The van der Waals surface area contributed by atoms with Gasteiger partial charge in [-0.1, -0.05) is 37.5 Å². The quantitative estimate of drug-likeness (QED) is 0.867. The lowest BCUT2D eigenvalue weighted by atomic mass is 9.81. The van der Waals surface area contributed by atoms with Gasteiger partial charge in [-0.05, 0) is 56.2 Å². The normalized spacial score (nSPS) is 19.8.